The first-order valence-corrected chi connectivity index (χ1v) is 19.1. The number of oxime groups is 1. The van der Waals surface area contributed by atoms with Gasteiger partial charge in [-0.1, -0.05) is 49.7 Å². The molecule has 1 aromatic carbocycles. The van der Waals surface area contributed by atoms with Gasteiger partial charge in [-0.15, -0.1) is 6.58 Å². The average Bonchev–Trinajstić information content (AvgIpc) is 3.15. The number of benzene rings is 1. The Kier molecular flexibility index (Phi) is 17.0. The summed E-state index contributed by atoms with van der Waals surface area (Å²) in [6.07, 6.45) is 11.6. The molecule has 4 rings (SSSR count). The van der Waals surface area contributed by atoms with Gasteiger partial charge in [0.2, 0.25) is 5.79 Å². The van der Waals surface area contributed by atoms with Gasteiger partial charge < -0.3 is 49.3 Å². The van der Waals surface area contributed by atoms with Crippen LogP contribution in [0, 0.1) is 17.8 Å². The number of nitrogens with one attached hydrogen (secondary N) is 1. The Balaban J connectivity index is 1.96. The number of carbonyl (C=O) groups excluding carboxylic acids is 1. The van der Waals surface area contributed by atoms with Crippen molar-refractivity contribution in [3.8, 4) is 11.5 Å². The topological polar surface area (TPSA) is 152 Å². The zero-order chi connectivity index (χ0) is 37.3. The van der Waals surface area contributed by atoms with E-state index in [4.69, 9.17) is 34.0 Å². The van der Waals surface area contributed by atoms with Gasteiger partial charge in [-0.05, 0) is 74.6 Å². The van der Waals surface area contributed by atoms with Gasteiger partial charge in [-0.25, -0.2) is 4.79 Å². The fourth-order valence-electron chi connectivity index (χ4n) is 8.17. The third-order valence-electron chi connectivity index (χ3n) is 10.2. The van der Waals surface area contributed by atoms with Gasteiger partial charge in [0.15, 0.2) is 0 Å². The van der Waals surface area contributed by atoms with E-state index in [2.05, 4.69) is 30.6 Å². The van der Waals surface area contributed by atoms with Crippen molar-refractivity contribution in [3.05, 3.63) is 60.7 Å². The highest BCUT2D eigenvalue weighted by molar-refractivity contribution is 6.03. The lowest BCUT2D eigenvalue weighted by atomic mass is 9.55. The number of allylic oxidation sites excluding steroid dienone is 1. The van der Waals surface area contributed by atoms with Crippen molar-refractivity contribution in [2.45, 2.75) is 83.0 Å². The van der Waals surface area contributed by atoms with Crippen LogP contribution in [0.3, 0.4) is 0 Å². The van der Waals surface area contributed by atoms with E-state index < -0.39 is 11.8 Å². The minimum Gasteiger partial charge on any atom is -0.490 e. The fraction of sp³-hybridized carbons (Fsp3) is 0.650. The number of amides is 2. The van der Waals surface area contributed by atoms with Gasteiger partial charge in [0, 0.05) is 44.2 Å². The third-order valence-corrected chi connectivity index (χ3v) is 10.2. The fourth-order valence-corrected chi connectivity index (χ4v) is 8.17. The monoisotopic (exact) mass is 727 g/mol. The van der Waals surface area contributed by atoms with Gasteiger partial charge in [-0.2, -0.15) is 0 Å². The van der Waals surface area contributed by atoms with Crippen LogP contribution in [-0.2, 0) is 14.3 Å². The predicted molar refractivity (Wildman–Crippen MR) is 201 cm³/mol. The Bertz CT molecular complexity index is 1350. The predicted octanol–water partition coefficient (Wildman–Crippen LogP) is 5.34. The van der Waals surface area contributed by atoms with Crippen LogP contribution in [0.1, 0.15) is 76.7 Å². The molecule has 1 aromatic rings. The van der Waals surface area contributed by atoms with Crippen molar-refractivity contribution in [1.82, 2.24) is 10.2 Å². The van der Waals surface area contributed by atoms with Crippen molar-refractivity contribution >= 4 is 11.7 Å². The summed E-state index contributed by atoms with van der Waals surface area (Å²) in [5.74, 6) is -0.213. The Labute approximate surface area is 309 Å². The number of hydrogen-bond donors (Lipinski definition) is 4. The minimum atomic E-state index is -1.32. The molecule has 4 N–H and O–H groups in total. The van der Waals surface area contributed by atoms with E-state index in [1.165, 1.54) is 0 Å². The standard InChI is InChI=1S/C40H61N3O9/c1-5-18-43(39(47)41-17-24-48-25-21-46)36-28-34(42-51-8-4)32-26-29(13-9-11-19-44)31(14-10-12-20-45)37-33-27-30(49-22-6-2)15-16-35(33)52-40(36,38(32)37)50-23-7-3/h6-7,15-16,26-27,29,31,36-38,44-46H,2-3,5,8-14,17-25,28H2,1,4H3,(H,41,47). The number of aliphatic hydroxyl groups is 3. The first-order valence-electron chi connectivity index (χ1n) is 19.1. The summed E-state index contributed by atoms with van der Waals surface area (Å²) in [5.41, 5.74) is 2.75. The molecule has 0 bridgehead atoms. The zero-order valence-corrected chi connectivity index (χ0v) is 31.2. The molecule has 3 aliphatic rings. The molecule has 1 aliphatic heterocycles. The summed E-state index contributed by atoms with van der Waals surface area (Å²) in [7, 11) is 0. The first kappa shape index (κ1) is 41.3. The summed E-state index contributed by atoms with van der Waals surface area (Å²) in [6.45, 7) is 14.0. The highest BCUT2D eigenvalue weighted by Crippen LogP contribution is 2.61. The molecule has 0 radical (unpaired) electrons. The van der Waals surface area contributed by atoms with Crippen LogP contribution in [0.2, 0.25) is 0 Å². The molecule has 12 heteroatoms. The van der Waals surface area contributed by atoms with E-state index >= 15 is 0 Å². The Morgan fingerprint density at radius 2 is 1.83 bits per heavy atom. The molecule has 1 heterocycles. The maximum atomic E-state index is 14.2. The maximum Gasteiger partial charge on any atom is 0.317 e. The number of unbranched alkanes of at least 4 members (excludes halogenated alkanes) is 2. The Morgan fingerprint density at radius 1 is 1.06 bits per heavy atom. The summed E-state index contributed by atoms with van der Waals surface area (Å²) >= 11 is 0. The second-order valence-electron chi connectivity index (χ2n) is 13.6. The van der Waals surface area contributed by atoms with Crippen LogP contribution in [0.4, 0.5) is 4.79 Å². The SMILES string of the molecule is C=CCOc1ccc2c(c1)C1C(CCCCO)C(CCCCO)C=C3C(=NOCC)CC(N(CCC)C(=O)NCCOCCO)C(OCC=C)(O2)C31. The van der Waals surface area contributed by atoms with Gasteiger partial charge in [-0.3, -0.25) is 0 Å². The van der Waals surface area contributed by atoms with E-state index in [-0.39, 0.29) is 75.9 Å². The van der Waals surface area contributed by atoms with Crippen LogP contribution in [0.15, 0.2) is 60.3 Å². The van der Waals surface area contributed by atoms with Crippen molar-refractivity contribution in [2.24, 2.45) is 22.9 Å². The average molecular weight is 728 g/mol. The molecule has 2 aliphatic carbocycles. The molecule has 0 aromatic heterocycles. The molecule has 2 amide bonds. The van der Waals surface area contributed by atoms with Crippen LogP contribution >= 0.6 is 0 Å². The lowest BCUT2D eigenvalue weighted by Crippen LogP contribution is -2.70. The summed E-state index contributed by atoms with van der Waals surface area (Å²) in [5, 5.41) is 36.4. The smallest absolute Gasteiger partial charge is 0.317 e. The highest BCUT2D eigenvalue weighted by atomic mass is 16.7. The van der Waals surface area contributed by atoms with Crippen molar-refractivity contribution in [3.63, 3.8) is 0 Å². The lowest BCUT2D eigenvalue weighted by Gasteiger charge is -2.60. The largest absolute Gasteiger partial charge is 0.490 e. The van der Waals surface area contributed by atoms with Crippen LogP contribution < -0.4 is 14.8 Å². The van der Waals surface area contributed by atoms with Gasteiger partial charge in [0.25, 0.3) is 0 Å². The third kappa shape index (κ3) is 9.76. The number of rotatable bonds is 24. The molecule has 12 nitrogen and oxygen atoms in total. The molecular formula is C40H61N3O9. The number of urea groups is 1. The second-order valence-corrected chi connectivity index (χ2v) is 13.6. The summed E-state index contributed by atoms with van der Waals surface area (Å²) in [4.78, 5) is 21.8. The molecule has 52 heavy (non-hydrogen) atoms. The quantitative estimate of drug-likeness (QED) is 0.0629. The normalized spacial score (nSPS) is 25.3. The minimum absolute atomic E-state index is 0.0918. The molecule has 6 atom stereocenters. The van der Waals surface area contributed by atoms with Crippen molar-refractivity contribution < 1.29 is 43.9 Å². The van der Waals surface area contributed by atoms with Crippen LogP contribution in [-0.4, -0.2) is 110 Å². The molecule has 0 spiro atoms. The molecule has 1 fully saturated rings. The van der Waals surface area contributed by atoms with Gasteiger partial charge >= 0.3 is 6.03 Å². The maximum absolute atomic E-state index is 14.2. The van der Waals surface area contributed by atoms with E-state index in [0.29, 0.717) is 56.9 Å². The molecule has 290 valence electrons. The number of aliphatic hydroxyl groups excluding tert-OH is 3. The number of nitrogens with zero attached hydrogens (tertiary/aromatic N) is 2. The summed E-state index contributed by atoms with van der Waals surface area (Å²) < 4.78 is 25.6. The van der Waals surface area contributed by atoms with E-state index in [0.717, 1.165) is 42.5 Å². The highest BCUT2D eigenvalue weighted by Gasteiger charge is 2.65. The second kappa shape index (κ2) is 21.3. The van der Waals surface area contributed by atoms with Gasteiger partial charge in [0.05, 0.1) is 38.1 Å². The van der Waals surface area contributed by atoms with E-state index in [1.807, 2.05) is 30.9 Å². The number of hydrogen-bond acceptors (Lipinski definition) is 10. The van der Waals surface area contributed by atoms with Crippen molar-refractivity contribution in [2.75, 3.05) is 65.9 Å². The molecule has 0 saturated heterocycles. The number of carbonyl (C=O) groups is 1. The lowest BCUT2D eigenvalue weighted by molar-refractivity contribution is -0.254. The molecule has 6 unspecified atom stereocenters. The Morgan fingerprint density at radius 3 is 2.52 bits per heavy atom. The molecular weight excluding hydrogens is 666 g/mol. The first-order chi connectivity index (χ1) is 25.4. The van der Waals surface area contributed by atoms with E-state index in [1.54, 1.807) is 12.2 Å². The number of fused-ring (bicyclic) bond motifs is 2. The Hall–Kier alpha value is -3.42. The van der Waals surface area contributed by atoms with Gasteiger partial charge in [0.1, 0.15) is 30.8 Å². The number of ether oxygens (including phenoxy) is 4. The van der Waals surface area contributed by atoms with Crippen molar-refractivity contribution in [1.29, 1.82) is 0 Å². The van der Waals surface area contributed by atoms with Crippen LogP contribution in [0.5, 0.6) is 11.5 Å². The molecule has 1 saturated carbocycles. The summed E-state index contributed by atoms with van der Waals surface area (Å²) in [6, 6.07) is 5.02. The van der Waals surface area contributed by atoms with E-state index in [9.17, 15) is 15.0 Å². The zero-order valence-electron chi connectivity index (χ0n) is 31.2. The van der Waals surface area contributed by atoms with Crippen LogP contribution in [0.25, 0.3) is 0 Å².